The maximum absolute atomic E-state index is 12.7. The number of halogens is 1. The van der Waals surface area contributed by atoms with Crippen molar-refractivity contribution in [1.29, 1.82) is 0 Å². The molecule has 5 nitrogen and oxygen atoms in total. The zero-order valence-electron chi connectivity index (χ0n) is 14.2. The van der Waals surface area contributed by atoms with E-state index >= 15 is 0 Å². The Kier molecular flexibility index (Phi) is 4.95. The summed E-state index contributed by atoms with van der Waals surface area (Å²) in [5.41, 5.74) is 2.51. The Bertz CT molecular complexity index is 792. The summed E-state index contributed by atoms with van der Waals surface area (Å²) in [6.45, 7) is 4.57. The van der Waals surface area contributed by atoms with Gasteiger partial charge in [0, 0.05) is 18.8 Å². The molecule has 130 valence electrons. The topological polar surface area (TPSA) is 52.7 Å². The molecular formula is C19H20ClN3O2. The van der Waals surface area contributed by atoms with E-state index in [-0.39, 0.29) is 11.9 Å². The fourth-order valence-corrected chi connectivity index (χ4v) is 3.13. The number of carbonyl (C=O) groups is 2. The third kappa shape index (κ3) is 3.61. The quantitative estimate of drug-likeness (QED) is 0.885. The van der Waals surface area contributed by atoms with Crippen LogP contribution in [0, 0.1) is 6.92 Å². The first-order valence-electron chi connectivity index (χ1n) is 8.17. The largest absolute Gasteiger partial charge is 0.322 e. The van der Waals surface area contributed by atoms with E-state index in [1.165, 1.54) is 0 Å². The molecule has 3 rings (SSSR count). The second kappa shape index (κ2) is 7.15. The fraction of sp³-hybridized carbons (Fsp3) is 0.263. The molecule has 6 heteroatoms. The molecule has 1 heterocycles. The predicted molar refractivity (Wildman–Crippen MR) is 100 cm³/mol. The number of rotatable bonds is 2. The molecule has 3 amide bonds. The van der Waals surface area contributed by atoms with Gasteiger partial charge < -0.3 is 15.1 Å². The highest BCUT2D eigenvalue weighted by molar-refractivity contribution is 6.33. The SMILES string of the molecule is Cc1ccc(NC(=O)N2CCN(c3ccccc3Cl)C(=O)C2C)cc1. The van der Waals surface area contributed by atoms with E-state index in [9.17, 15) is 9.59 Å². The lowest BCUT2D eigenvalue weighted by molar-refractivity contribution is -0.123. The van der Waals surface area contributed by atoms with Gasteiger partial charge >= 0.3 is 6.03 Å². The van der Waals surface area contributed by atoms with Gasteiger partial charge in [0.25, 0.3) is 0 Å². The summed E-state index contributed by atoms with van der Waals surface area (Å²) in [4.78, 5) is 28.5. The number of nitrogens with one attached hydrogen (secondary N) is 1. The van der Waals surface area contributed by atoms with Crippen molar-refractivity contribution < 1.29 is 9.59 Å². The molecule has 0 saturated carbocycles. The average molecular weight is 358 g/mol. The normalized spacial score (nSPS) is 17.6. The minimum absolute atomic E-state index is 0.140. The number of amides is 3. The van der Waals surface area contributed by atoms with Gasteiger partial charge in [-0.25, -0.2) is 4.79 Å². The van der Waals surface area contributed by atoms with E-state index < -0.39 is 6.04 Å². The summed E-state index contributed by atoms with van der Waals surface area (Å²) in [7, 11) is 0. The average Bonchev–Trinajstić information content (AvgIpc) is 2.60. The summed E-state index contributed by atoms with van der Waals surface area (Å²) < 4.78 is 0. The minimum atomic E-state index is -0.560. The lowest BCUT2D eigenvalue weighted by atomic mass is 10.1. The highest BCUT2D eigenvalue weighted by Crippen LogP contribution is 2.28. The molecule has 0 aliphatic carbocycles. The summed E-state index contributed by atoms with van der Waals surface area (Å²) in [6, 6.07) is 14.0. The van der Waals surface area contributed by atoms with E-state index in [1.54, 1.807) is 22.8 Å². The molecule has 1 N–H and O–H groups in total. The van der Waals surface area contributed by atoms with Gasteiger partial charge in [-0.05, 0) is 38.1 Å². The molecule has 0 spiro atoms. The molecule has 1 atom stereocenters. The van der Waals surface area contributed by atoms with Gasteiger partial charge in [-0.1, -0.05) is 41.4 Å². The number of aryl methyl sites for hydroxylation is 1. The van der Waals surface area contributed by atoms with Crippen molar-refractivity contribution in [2.24, 2.45) is 0 Å². The number of benzene rings is 2. The van der Waals surface area contributed by atoms with Crippen LogP contribution in [0.1, 0.15) is 12.5 Å². The van der Waals surface area contributed by atoms with Crippen LogP contribution in [0.15, 0.2) is 48.5 Å². The number of para-hydroxylation sites is 1. The van der Waals surface area contributed by atoms with Crippen LogP contribution in [0.3, 0.4) is 0 Å². The first kappa shape index (κ1) is 17.3. The number of urea groups is 1. The van der Waals surface area contributed by atoms with Gasteiger partial charge in [0.2, 0.25) is 5.91 Å². The standard InChI is InChI=1S/C19H20ClN3O2/c1-13-7-9-15(10-8-13)21-19(25)22-11-12-23(18(24)14(22)2)17-6-4-3-5-16(17)20/h3-10,14H,11-12H2,1-2H3,(H,21,25). The second-order valence-electron chi connectivity index (χ2n) is 6.11. The van der Waals surface area contributed by atoms with Gasteiger partial charge in [0.15, 0.2) is 0 Å². The van der Waals surface area contributed by atoms with Crippen LogP contribution in [0.4, 0.5) is 16.2 Å². The maximum atomic E-state index is 12.7. The third-order valence-corrected chi connectivity index (χ3v) is 4.68. The summed E-state index contributed by atoms with van der Waals surface area (Å²) in [6.07, 6.45) is 0. The van der Waals surface area contributed by atoms with Crippen LogP contribution in [0.5, 0.6) is 0 Å². The smallest absolute Gasteiger partial charge is 0.311 e. The van der Waals surface area contributed by atoms with Gasteiger partial charge in [0.1, 0.15) is 6.04 Å². The van der Waals surface area contributed by atoms with E-state index in [2.05, 4.69) is 5.32 Å². The molecule has 0 bridgehead atoms. The fourth-order valence-electron chi connectivity index (χ4n) is 2.89. The van der Waals surface area contributed by atoms with Gasteiger partial charge in [0.05, 0.1) is 10.7 Å². The molecule has 0 radical (unpaired) electrons. The Morgan fingerprint density at radius 1 is 1.12 bits per heavy atom. The number of carbonyl (C=O) groups excluding carboxylic acids is 2. The van der Waals surface area contributed by atoms with Crippen LogP contribution in [-0.4, -0.2) is 36.0 Å². The predicted octanol–water partition coefficient (Wildman–Crippen LogP) is 3.92. The molecule has 25 heavy (non-hydrogen) atoms. The Balaban J connectivity index is 1.72. The van der Waals surface area contributed by atoms with E-state index in [0.29, 0.717) is 29.5 Å². The first-order chi connectivity index (χ1) is 12.0. The lowest BCUT2D eigenvalue weighted by Crippen LogP contribution is -2.58. The van der Waals surface area contributed by atoms with Crippen molar-refractivity contribution in [3.05, 3.63) is 59.1 Å². The second-order valence-corrected chi connectivity index (χ2v) is 6.51. The molecule has 2 aromatic rings. The van der Waals surface area contributed by atoms with Gasteiger partial charge in [-0.3, -0.25) is 4.79 Å². The van der Waals surface area contributed by atoms with Crippen molar-refractivity contribution in [2.45, 2.75) is 19.9 Å². The van der Waals surface area contributed by atoms with Crippen molar-refractivity contribution in [3.63, 3.8) is 0 Å². The Morgan fingerprint density at radius 2 is 1.80 bits per heavy atom. The summed E-state index contributed by atoms with van der Waals surface area (Å²) in [5, 5.41) is 3.37. The molecule has 0 aromatic heterocycles. The molecule has 2 aromatic carbocycles. The van der Waals surface area contributed by atoms with E-state index in [1.807, 2.05) is 49.4 Å². The zero-order chi connectivity index (χ0) is 18.0. The molecule has 1 saturated heterocycles. The zero-order valence-corrected chi connectivity index (χ0v) is 15.0. The van der Waals surface area contributed by atoms with Gasteiger partial charge in [-0.15, -0.1) is 0 Å². The Labute approximate surface area is 152 Å². The lowest BCUT2D eigenvalue weighted by Gasteiger charge is -2.39. The van der Waals surface area contributed by atoms with Crippen molar-refractivity contribution in [1.82, 2.24) is 4.90 Å². The van der Waals surface area contributed by atoms with Crippen molar-refractivity contribution in [2.75, 3.05) is 23.3 Å². The number of hydrogen-bond donors (Lipinski definition) is 1. The highest BCUT2D eigenvalue weighted by atomic mass is 35.5. The van der Waals surface area contributed by atoms with Crippen LogP contribution in [-0.2, 0) is 4.79 Å². The van der Waals surface area contributed by atoms with Crippen LogP contribution >= 0.6 is 11.6 Å². The first-order valence-corrected chi connectivity index (χ1v) is 8.55. The number of anilines is 2. The number of hydrogen-bond acceptors (Lipinski definition) is 2. The molecular weight excluding hydrogens is 338 g/mol. The van der Waals surface area contributed by atoms with Crippen molar-refractivity contribution in [3.8, 4) is 0 Å². The summed E-state index contributed by atoms with van der Waals surface area (Å²) >= 11 is 6.20. The van der Waals surface area contributed by atoms with Gasteiger partial charge in [-0.2, -0.15) is 0 Å². The van der Waals surface area contributed by atoms with Crippen LogP contribution in [0.2, 0.25) is 5.02 Å². The van der Waals surface area contributed by atoms with E-state index in [0.717, 1.165) is 5.56 Å². The molecule has 1 aliphatic heterocycles. The third-order valence-electron chi connectivity index (χ3n) is 4.36. The molecule has 1 aliphatic rings. The molecule has 1 fully saturated rings. The number of nitrogens with zero attached hydrogens (tertiary/aromatic N) is 2. The van der Waals surface area contributed by atoms with Crippen molar-refractivity contribution >= 4 is 34.9 Å². The monoisotopic (exact) mass is 357 g/mol. The minimum Gasteiger partial charge on any atom is -0.311 e. The van der Waals surface area contributed by atoms with E-state index in [4.69, 9.17) is 11.6 Å². The summed E-state index contributed by atoms with van der Waals surface area (Å²) in [5.74, 6) is -0.140. The maximum Gasteiger partial charge on any atom is 0.322 e. The number of piperazine rings is 1. The highest BCUT2D eigenvalue weighted by Gasteiger charge is 2.35. The Hall–Kier alpha value is -2.53. The van der Waals surface area contributed by atoms with Crippen LogP contribution < -0.4 is 10.2 Å². The Morgan fingerprint density at radius 3 is 2.48 bits per heavy atom. The molecule has 1 unspecified atom stereocenters. The van der Waals surface area contributed by atoms with Crippen LogP contribution in [0.25, 0.3) is 0 Å².